The number of benzene rings is 1. The number of methoxy groups -OCH3 is 1. The number of rotatable bonds is 7. The minimum absolute atomic E-state index is 0.0419. The van der Waals surface area contributed by atoms with E-state index in [9.17, 15) is 4.39 Å². The van der Waals surface area contributed by atoms with Crippen LogP contribution in [0.4, 0.5) is 4.39 Å². The Bertz CT molecular complexity index is 583. The first-order valence-corrected chi connectivity index (χ1v) is 7.19. The van der Waals surface area contributed by atoms with Crippen molar-refractivity contribution in [1.29, 1.82) is 0 Å². The molecule has 114 valence electrons. The van der Waals surface area contributed by atoms with Crippen molar-refractivity contribution in [2.75, 3.05) is 13.7 Å². The summed E-state index contributed by atoms with van der Waals surface area (Å²) in [5, 5.41) is 7.85. The van der Waals surface area contributed by atoms with Gasteiger partial charge in [-0.15, -0.1) is 0 Å². The van der Waals surface area contributed by atoms with Gasteiger partial charge in [0.15, 0.2) is 11.6 Å². The van der Waals surface area contributed by atoms with Crippen LogP contribution in [-0.4, -0.2) is 23.4 Å². The van der Waals surface area contributed by atoms with E-state index in [0.29, 0.717) is 0 Å². The summed E-state index contributed by atoms with van der Waals surface area (Å²) in [5.74, 6) is -0.0647. The van der Waals surface area contributed by atoms with E-state index >= 15 is 0 Å². The van der Waals surface area contributed by atoms with Crippen LogP contribution in [0.1, 0.15) is 30.6 Å². The van der Waals surface area contributed by atoms with Crippen LogP contribution in [-0.2, 0) is 13.5 Å². The zero-order valence-electron chi connectivity index (χ0n) is 12.8. The van der Waals surface area contributed by atoms with Gasteiger partial charge in [0, 0.05) is 25.7 Å². The molecule has 0 aliphatic carbocycles. The topological polar surface area (TPSA) is 39.1 Å². The fraction of sp³-hybridized carbons (Fsp3) is 0.438. The second kappa shape index (κ2) is 7.22. The third kappa shape index (κ3) is 4.04. The van der Waals surface area contributed by atoms with Gasteiger partial charge in [-0.2, -0.15) is 5.10 Å². The molecule has 21 heavy (non-hydrogen) atoms. The van der Waals surface area contributed by atoms with Crippen LogP contribution in [0.2, 0.25) is 0 Å². The Balaban J connectivity index is 2.20. The molecule has 0 spiro atoms. The number of aryl methyl sites for hydroxylation is 1. The average Bonchev–Trinajstić information content (AvgIpc) is 2.88. The highest BCUT2D eigenvalue weighted by Crippen LogP contribution is 2.24. The molecule has 0 fully saturated rings. The van der Waals surface area contributed by atoms with E-state index in [1.807, 2.05) is 25.4 Å². The Kier molecular flexibility index (Phi) is 5.33. The van der Waals surface area contributed by atoms with E-state index in [1.54, 1.807) is 10.7 Å². The van der Waals surface area contributed by atoms with Crippen molar-refractivity contribution in [1.82, 2.24) is 15.1 Å². The van der Waals surface area contributed by atoms with Crippen molar-refractivity contribution in [3.8, 4) is 5.75 Å². The maximum absolute atomic E-state index is 13.9. The first-order chi connectivity index (χ1) is 10.1. The Morgan fingerprint density at radius 2 is 2.19 bits per heavy atom. The maximum Gasteiger partial charge on any atom is 0.165 e. The molecule has 0 saturated heterocycles. The molecule has 0 aliphatic heterocycles. The van der Waals surface area contributed by atoms with Gasteiger partial charge >= 0.3 is 0 Å². The summed E-state index contributed by atoms with van der Waals surface area (Å²) < 4.78 is 20.7. The van der Waals surface area contributed by atoms with E-state index in [4.69, 9.17) is 4.74 Å². The third-order valence-corrected chi connectivity index (χ3v) is 3.40. The monoisotopic (exact) mass is 291 g/mol. The van der Waals surface area contributed by atoms with E-state index in [0.717, 1.165) is 30.6 Å². The number of nitrogens with zero attached hydrogens (tertiary/aromatic N) is 2. The lowest BCUT2D eigenvalue weighted by Crippen LogP contribution is -2.24. The number of aromatic nitrogens is 2. The Hall–Kier alpha value is -1.88. The first kappa shape index (κ1) is 15.5. The number of hydrogen-bond acceptors (Lipinski definition) is 3. The lowest BCUT2D eigenvalue weighted by Gasteiger charge is -2.18. The SMILES string of the molecule is CCCNC(Cc1ccn(C)n1)c1ccc(OC)c(F)c1. The second-order valence-corrected chi connectivity index (χ2v) is 5.09. The number of hydrogen-bond donors (Lipinski definition) is 1. The van der Waals surface area contributed by atoms with Gasteiger partial charge < -0.3 is 10.1 Å². The highest BCUT2D eigenvalue weighted by Gasteiger charge is 2.15. The van der Waals surface area contributed by atoms with Gasteiger partial charge in [-0.1, -0.05) is 13.0 Å². The summed E-state index contributed by atoms with van der Waals surface area (Å²) in [7, 11) is 3.36. The van der Waals surface area contributed by atoms with Crippen molar-refractivity contribution < 1.29 is 9.13 Å². The molecule has 1 atom stereocenters. The van der Waals surface area contributed by atoms with Gasteiger partial charge in [0.2, 0.25) is 0 Å². The summed E-state index contributed by atoms with van der Waals surface area (Å²) in [6, 6.07) is 7.14. The first-order valence-electron chi connectivity index (χ1n) is 7.19. The summed E-state index contributed by atoms with van der Waals surface area (Å²) in [4.78, 5) is 0. The van der Waals surface area contributed by atoms with Crippen LogP contribution in [0.25, 0.3) is 0 Å². The molecule has 1 N–H and O–H groups in total. The molecule has 1 aromatic heterocycles. The van der Waals surface area contributed by atoms with Crippen LogP contribution in [0.3, 0.4) is 0 Å². The highest BCUT2D eigenvalue weighted by atomic mass is 19.1. The highest BCUT2D eigenvalue weighted by molar-refractivity contribution is 5.31. The third-order valence-electron chi connectivity index (χ3n) is 3.40. The number of halogens is 1. The fourth-order valence-corrected chi connectivity index (χ4v) is 2.31. The van der Waals surface area contributed by atoms with Crippen molar-refractivity contribution in [2.45, 2.75) is 25.8 Å². The molecule has 5 heteroatoms. The predicted octanol–water partition coefficient (Wildman–Crippen LogP) is 2.85. The van der Waals surface area contributed by atoms with Crippen LogP contribution in [0.5, 0.6) is 5.75 Å². The lowest BCUT2D eigenvalue weighted by molar-refractivity contribution is 0.385. The smallest absolute Gasteiger partial charge is 0.165 e. The van der Waals surface area contributed by atoms with Crippen LogP contribution in [0.15, 0.2) is 30.5 Å². The standard InChI is InChI=1S/C16H22FN3O/c1-4-8-18-15(11-13-7-9-20(2)19-13)12-5-6-16(21-3)14(17)10-12/h5-7,9-10,15,18H,4,8,11H2,1-3H3. The number of nitrogens with one attached hydrogen (secondary N) is 1. The summed E-state index contributed by atoms with van der Waals surface area (Å²) in [6.45, 7) is 2.99. The maximum atomic E-state index is 13.9. The zero-order valence-corrected chi connectivity index (χ0v) is 12.8. The summed E-state index contributed by atoms with van der Waals surface area (Å²) >= 11 is 0. The Labute approximate surface area is 124 Å². The lowest BCUT2D eigenvalue weighted by atomic mass is 10.0. The van der Waals surface area contributed by atoms with Crippen molar-refractivity contribution in [3.05, 3.63) is 47.5 Å². The van der Waals surface area contributed by atoms with Crippen LogP contribution in [0, 0.1) is 5.82 Å². The molecule has 1 aromatic carbocycles. The molecule has 4 nitrogen and oxygen atoms in total. The molecule has 2 rings (SSSR count). The minimum atomic E-state index is -0.334. The van der Waals surface area contributed by atoms with Gasteiger partial charge in [0.05, 0.1) is 12.8 Å². The van der Waals surface area contributed by atoms with Gasteiger partial charge in [-0.05, 0) is 36.7 Å². The molecule has 0 saturated carbocycles. The zero-order chi connectivity index (χ0) is 15.2. The molecule has 0 bridgehead atoms. The largest absolute Gasteiger partial charge is 0.494 e. The molecule has 1 heterocycles. The van der Waals surface area contributed by atoms with E-state index in [2.05, 4.69) is 17.3 Å². The summed E-state index contributed by atoms with van der Waals surface area (Å²) in [5.41, 5.74) is 1.90. The molecule has 1 unspecified atom stereocenters. The molecule has 0 amide bonds. The van der Waals surface area contributed by atoms with Crippen molar-refractivity contribution in [3.63, 3.8) is 0 Å². The molecule has 0 radical (unpaired) electrons. The molecule has 2 aromatic rings. The van der Waals surface area contributed by atoms with Crippen molar-refractivity contribution >= 4 is 0 Å². The normalized spacial score (nSPS) is 12.4. The second-order valence-electron chi connectivity index (χ2n) is 5.09. The van der Waals surface area contributed by atoms with Crippen LogP contribution < -0.4 is 10.1 Å². The van der Waals surface area contributed by atoms with Gasteiger partial charge in [0.25, 0.3) is 0 Å². The average molecular weight is 291 g/mol. The van der Waals surface area contributed by atoms with E-state index in [-0.39, 0.29) is 17.6 Å². The molecular formula is C16H22FN3O. The van der Waals surface area contributed by atoms with Gasteiger partial charge in [-0.3, -0.25) is 4.68 Å². The van der Waals surface area contributed by atoms with Gasteiger partial charge in [0.1, 0.15) is 0 Å². The van der Waals surface area contributed by atoms with Gasteiger partial charge in [-0.25, -0.2) is 4.39 Å². The molecular weight excluding hydrogens is 269 g/mol. The Morgan fingerprint density at radius 1 is 1.38 bits per heavy atom. The molecule has 0 aliphatic rings. The van der Waals surface area contributed by atoms with Crippen LogP contribution >= 0.6 is 0 Å². The Morgan fingerprint density at radius 3 is 2.76 bits per heavy atom. The quantitative estimate of drug-likeness (QED) is 0.852. The summed E-state index contributed by atoms with van der Waals surface area (Å²) in [6.07, 6.45) is 3.67. The minimum Gasteiger partial charge on any atom is -0.494 e. The van der Waals surface area contributed by atoms with E-state index in [1.165, 1.54) is 13.2 Å². The van der Waals surface area contributed by atoms with E-state index < -0.39 is 0 Å². The predicted molar refractivity (Wildman–Crippen MR) is 80.9 cm³/mol. The number of ether oxygens (including phenoxy) is 1. The fourth-order valence-electron chi connectivity index (χ4n) is 2.31. The van der Waals surface area contributed by atoms with Crippen molar-refractivity contribution in [2.24, 2.45) is 7.05 Å².